The number of carbonyl (C=O) groups excluding carboxylic acids is 1. The van der Waals surface area contributed by atoms with Gasteiger partial charge in [0.05, 0.1) is 24.7 Å². The number of nitrogens with one attached hydrogen (secondary N) is 2. The van der Waals surface area contributed by atoms with Crippen LogP contribution in [0.15, 0.2) is 36.5 Å². The fourth-order valence-electron chi connectivity index (χ4n) is 5.95. The third-order valence-electron chi connectivity index (χ3n) is 8.23. The van der Waals surface area contributed by atoms with Crippen LogP contribution in [0.3, 0.4) is 0 Å². The molecule has 8 heteroatoms. The van der Waals surface area contributed by atoms with Gasteiger partial charge in [0.1, 0.15) is 11.4 Å². The summed E-state index contributed by atoms with van der Waals surface area (Å²) in [5.41, 5.74) is 2.99. The Labute approximate surface area is 230 Å². The highest BCUT2D eigenvalue weighted by molar-refractivity contribution is 5.79. The highest BCUT2D eigenvalue weighted by Crippen LogP contribution is 2.48. The third-order valence-corrected chi connectivity index (χ3v) is 8.23. The Morgan fingerprint density at radius 2 is 2.00 bits per heavy atom. The zero-order chi connectivity index (χ0) is 27.6. The average Bonchev–Trinajstić information content (AvgIpc) is 3.41. The van der Waals surface area contributed by atoms with E-state index < -0.39 is 12.1 Å². The van der Waals surface area contributed by atoms with E-state index in [4.69, 9.17) is 14.5 Å². The quantitative estimate of drug-likeness (QED) is 0.441. The molecule has 1 aromatic carbocycles. The number of benzene rings is 1. The molecule has 1 spiro atoms. The summed E-state index contributed by atoms with van der Waals surface area (Å²) in [6.07, 6.45) is 7.03. The second-order valence-electron chi connectivity index (χ2n) is 12.9. The van der Waals surface area contributed by atoms with Crippen molar-refractivity contribution in [2.24, 2.45) is 11.3 Å². The Balaban J connectivity index is 1.32. The number of aliphatic hydroxyl groups excluding tert-OH is 1. The Kier molecular flexibility index (Phi) is 8.26. The van der Waals surface area contributed by atoms with Gasteiger partial charge in [0.25, 0.3) is 0 Å². The summed E-state index contributed by atoms with van der Waals surface area (Å²) in [6.45, 7) is 7.90. The van der Waals surface area contributed by atoms with Crippen LogP contribution in [0.4, 0.5) is 4.39 Å². The number of nitrogens with zero attached hydrogens (tertiary/aromatic N) is 1. The zero-order valence-electron chi connectivity index (χ0n) is 23.3. The van der Waals surface area contributed by atoms with Crippen LogP contribution in [-0.2, 0) is 22.4 Å². The van der Waals surface area contributed by atoms with Crippen LogP contribution in [0, 0.1) is 17.2 Å². The van der Waals surface area contributed by atoms with Crippen molar-refractivity contribution >= 4 is 5.91 Å². The molecule has 1 unspecified atom stereocenters. The second-order valence-corrected chi connectivity index (χ2v) is 12.9. The van der Waals surface area contributed by atoms with Gasteiger partial charge in [-0.1, -0.05) is 32.9 Å². The molecule has 0 bridgehead atoms. The Bertz CT molecular complexity index is 1140. The summed E-state index contributed by atoms with van der Waals surface area (Å²) in [5, 5.41) is 18.0. The largest absolute Gasteiger partial charge is 0.471 e. The number of ether oxygens (including phenoxy) is 2. The smallest absolute Gasteiger partial charge is 0.225 e. The minimum Gasteiger partial charge on any atom is -0.471 e. The van der Waals surface area contributed by atoms with E-state index in [1.165, 1.54) is 17.7 Å². The number of fused-ring (bicyclic) bond motifs is 1. The molecule has 212 valence electrons. The molecular formula is C31H42FN3O4. The predicted molar refractivity (Wildman–Crippen MR) is 147 cm³/mol. The minimum atomic E-state index is -0.851. The lowest BCUT2D eigenvalue weighted by atomic mass is 9.73. The van der Waals surface area contributed by atoms with E-state index in [0.29, 0.717) is 31.9 Å². The normalized spacial score (nSPS) is 23.4. The molecule has 3 aliphatic rings. The topological polar surface area (TPSA) is 92.7 Å². The fraction of sp³-hybridized carbons (Fsp3) is 0.613. The van der Waals surface area contributed by atoms with Crippen LogP contribution in [0.5, 0.6) is 5.88 Å². The molecule has 1 aromatic heterocycles. The summed E-state index contributed by atoms with van der Waals surface area (Å²) in [7, 11) is 0. The van der Waals surface area contributed by atoms with Gasteiger partial charge in [0, 0.05) is 37.4 Å². The molecule has 0 radical (unpaired) electrons. The highest BCUT2D eigenvalue weighted by Gasteiger charge is 2.46. The van der Waals surface area contributed by atoms with E-state index in [1.807, 2.05) is 6.20 Å². The lowest BCUT2D eigenvalue weighted by Crippen LogP contribution is -2.53. The van der Waals surface area contributed by atoms with Crippen LogP contribution in [0.2, 0.25) is 0 Å². The SMILES string of the molecule is CC(C)(C)Cc1cnc2c(c1)[C@@H](NC[C@H](O)[C@H](Cc1ccc(F)cc1)NC(=O)C1CCOC1)CC1(CCC1)O2. The monoisotopic (exact) mass is 539 g/mol. The summed E-state index contributed by atoms with van der Waals surface area (Å²) in [4.78, 5) is 17.7. The standard InChI is InChI=1S/C31H42FN3O4/c1-30(2,3)15-21-13-24-26(16-31(10-4-11-31)39-29(24)34-17-21)33-18-27(36)25(14-20-5-7-23(32)8-6-20)35-28(37)22-9-12-38-19-22/h5-8,13,17,22,25-27,33,36H,4,9-12,14-16,18-19H2,1-3H3,(H,35,37)/t22?,25-,26-,27-/m0/s1. The number of hydrogen-bond acceptors (Lipinski definition) is 6. The van der Waals surface area contributed by atoms with Gasteiger partial charge in [-0.15, -0.1) is 0 Å². The molecule has 1 amide bonds. The van der Waals surface area contributed by atoms with Crippen molar-refractivity contribution in [1.29, 1.82) is 0 Å². The second kappa shape index (κ2) is 11.5. The number of amides is 1. The van der Waals surface area contributed by atoms with Crippen LogP contribution < -0.4 is 15.4 Å². The van der Waals surface area contributed by atoms with Crippen molar-refractivity contribution in [2.75, 3.05) is 19.8 Å². The van der Waals surface area contributed by atoms with Gasteiger partial charge in [0.15, 0.2) is 0 Å². The van der Waals surface area contributed by atoms with Crippen molar-refractivity contribution < 1.29 is 23.8 Å². The minimum absolute atomic E-state index is 0.0125. The predicted octanol–water partition coefficient (Wildman–Crippen LogP) is 4.27. The Hall–Kier alpha value is -2.55. The number of aromatic nitrogens is 1. The lowest BCUT2D eigenvalue weighted by Gasteiger charge is -2.47. The van der Waals surface area contributed by atoms with E-state index in [0.717, 1.165) is 43.2 Å². The van der Waals surface area contributed by atoms with Gasteiger partial charge in [-0.2, -0.15) is 0 Å². The molecular weight excluding hydrogens is 497 g/mol. The molecule has 4 atom stereocenters. The van der Waals surface area contributed by atoms with Crippen LogP contribution in [0.25, 0.3) is 0 Å². The molecule has 39 heavy (non-hydrogen) atoms. The Morgan fingerprint density at radius 1 is 1.23 bits per heavy atom. The van der Waals surface area contributed by atoms with Gasteiger partial charge in [-0.05, 0) is 73.3 Å². The van der Waals surface area contributed by atoms with Crippen molar-refractivity contribution in [3.05, 3.63) is 59.0 Å². The number of halogens is 1. The van der Waals surface area contributed by atoms with Gasteiger partial charge < -0.3 is 25.2 Å². The molecule has 1 saturated heterocycles. The van der Waals surface area contributed by atoms with Crippen LogP contribution in [-0.4, -0.2) is 53.5 Å². The molecule has 2 aromatic rings. The number of carbonyl (C=O) groups is 1. The molecule has 7 nitrogen and oxygen atoms in total. The molecule has 2 fully saturated rings. The molecule has 1 aliphatic carbocycles. The molecule has 3 heterocycles. The number of aliphatic hydroxyl groups is 1. The maximum Gasteiger partial charge on any atom is 0.225 e. The lowest BCUT2D eigenvalue weighted by molar-refractivity contribution is -0.126. The van der Waals surface area contributed by atoms with E-state index in [-0.39, 0.29) is 41.2 Å². The summed E-state index contributed by atoms with van der Waals surface area (Å²) in [6, 6.07) is 7.86. The first kappa shape index (κ1) is 28.0. The summed E-state index contributed by atoms with van der Waals surface area (Å²) < 4.78 is 25.3. The van der Waals surface area contributed by atoms with Gasteiger partial charge in [-0.25, -0.2) is 9.37 Å². The zero-order valence-corrected chi connectivity index (χ0v) is 23.3. The van der Waals surface area contributed by atoms with Gasteiger partial charge in [0.2, 0.25) is 11.8 Å². The highest BCUT2D eigenvalue weighted by atomic mass is 19.1. The van der Waals surface area contributed by atoms with E-state index in [2.05, 4.69) is 37.5 Å². The maximum absolute atomic E-state index is 13.5. The van der Waals surface area contributed by atoms with Gasteiger partial charge in [-0.3, -0.25) is 4.79 Å². The first-order valence-electron chi connectivity index (χ1n) is 14.3. The van der Waals surface area contributed by atoms with E-state index in [1.54, 1.807) is 12.1 Å². The molecule has 2 aliphatic heterocycles. The molecule has 3 N–H and O–H groups in total. The third kappa shape index (κ3) is 6.97. The first-order valence-corrected chi connectivity index (χ1v) is 14.3. The average molecular weight is 540 g/mol. The molecule has 1 saturated carbocycles. The molecule has 5 rings (SSSR count). The van der Waals surface area contributed by atoms with Crippen LogP contribution >= 0.6 is 0 Å². The summed E-state index contributed by atoms with van der Waals surface area (Å²) in [5.74, 6) is 0.0451. The van der Waals surface area contributed by atoms with Crippen molar-refractivity contribution in [3.8, 4) is 5.88 Å². The number of rotatable bonds is 9. The van der Waals surface area contributed by atoms with E-state index in [9.17, 15) is 14.3 Å². The van der Waals surface area contributed by atoms with E-state index >= 15 is 0 Å². The fourth-order valence-corrected chi connectivity index (χ4v) is 5.95. The van der Waals surface area contributed by atoms with Crippen molar-refractivity contribution in [2.45, 2.75) is 89.5 Å². The maximum atomic E-state index is 13.5. The van der Waals surface area contributed by atoms with Crippen LogP contribution in [0.1, 0.15) is 75.6 Å². The van der Waals surface area contributed by atoms with Gasteiger partial charge >= 0.3 is 0 Å². The number of pyridine rings is 1. The van der Waals surface area contributed by atoms with Crippen molar-refractivity contribution in [1.82, 2.24) is 15.6 Å². The first-order chi connectivity index (χ1) is 18.6. The summed E-state index contributed by atoms with van der Waals surface area (Å²) >= 11 is 0. The Morgan fingerprint density at radius 3 is 2.64 bits per heavy atom. The number of hydrogen-bond donors (Lipinski definition) is 3. The van der Waals surface area contributed by atoms with Crippen molar-refractivity contribution in [3.63, 3.8) is 0 Å².